The van der Waals surface area contributed by atoms with Gasteiger partial charge in [-0.15, -0.1) is 11.3 Å². The first-order chi connectivity index (χ1) is 7.16. The molecule has 0 radical (unpaired) electrons. The molecule has 0 saturated heterocycles. The zero-order chi connectivity index (χ0) is 10.8. The summed E-state index contributed by atoms with van der Waals surface area (Å²) in [5, 5.41) is 2.97. The lowest BCUT2D eigenvalue weighted by molar-refractivity contribution is 0.0938. The van der Waals surface area contributed by atoms with Gasteiger partial charge in [0.2, 0.25) is 0 Å². The summed E-state index contributed by atoms with van der Waals surface area (Å²) in [5.41, 5.74) is 0.499. The predicted molar refractivity (Wildman–Crippen MR) is 64.1 cm³/mol. The van der Waals surface area contributed by atoms with Crippen molar-refractivity contribution >= 4 is 40.4 Å². The molecule has 1 aromatic rings. The molecule has 1 aliphatic carbocycles. The van der Waals surface area contributed by atoms with Crippen LogP contribution in [-0.4, -0.2) is 11.9 Å². The Bertz CT molecular complexity index is 371. The fourth-order valence-corrected chi connectivity index (χ4v) is 3.29. The fraction of sp³-hybridized carbons (Fsp3) is 0.500. The van der Waals surface area contributed by atoms with Crippen molar-refractivity contribution in [1.82, 2.24) is 5.32 Å². The highest BCUT2D eigenvalue weighted by atomic mass is 35.5. The van der Waals surface area contributed by atoms with E-state index in [-0.39, 0.29) is 5.91 Å². The van der Waals surface area contributed by atoms with Crippen molar-refractivity contribution in [2.45, 2.75) is 31.7 Å². The van der Waals surface area contributed by atoms with Crippen molar-refractivity contribution in [2.24, 2.45) is 0 Å². The van der Waals surface area contributed by atoms with Crippen LogP contribution in [0.2, 0.25) is 8.67 Å². The van der Waals surface area contributed by atoms with E-state index in [9.17, 15) is 4.79 Å². The molecule has 0 aromatic carbocycles. The number of nitrogens with one attached hydrogen (secondary N) is 1. The van der Waals surface area contributed by atoms with Gasteiger partial charge in [0.25, 0.3) is 5.91 Å². The van der Waals surface area contributed by atoms with Crippen LogP contribution < -0.4 is 5.32 Å². The van der Waals surface area contributed by atoms with Crippen molar-refractivity contribution in [1.29, 1.82) is 0 Å². The molecule has 1 saturated carbocycles. The van der Waals surface area contributed by atoms with E-state index in [1.807, 2.05) is 0 Å². The molecule has 1 amide bonds. The molecule has 0 aliphatic heterocycles. The van der Waals surface area contributed by atoms with Crippen molar-refractivity contribution in [2.75, 3.05) is 0 Å². The van der Waals surface area contributed by atoms with E-state index in [1.165, 1.54) is 24.2 Å². The van der Waals surface area contributed by atoms with Crippen LogP contribution in [0.3, 0.4) is 0 Å². The maximum Gasteiger partial charge on any atom is 0.253 e. The Morgan fingerprint density at radius 1 is 1.40 bits per heavy atom. The third-order valence-corrected chi connectivity index (χ3v) is 4.08. The monoisotopic (exact) mass is 263 g/mol. The van der Waals surface area contributed by atoms with Crippen LogP contribution in [0.1, 0.15) is 36.0 Å². The molecular formula is C10H11Cl2NOS. The second kappa shape index (κ2) is 4.73. The van der Waals surface area contributed by atoms with Gasteiger partial charge in [-0.2, -0.15) is 0 Å². The lowest BCUT2D eigenvalue weighted by Gasteiger charge is -2.10. The molecule has 82 valence electrons. The van der Waals surface area contributed by atoms with Gasteiger partial charge in [-0.3, -0.25) is 4.79 Å². The molecule has 0 unspecified atom stereocenters. The van der Waals surface area contributed by atoms with Crippen molar-refractivity contribution < 1.29 is 4.79 Å². The minimum atomic E-state index is -0.102. The summed E-state index contributed by atoms with van der Waals surface area (Å²) < 4.78 is 1.02. The van der Waals surface area contributed by atoms with Gasteiger partial charge in [0, 0.05) is 6.04 Å². The van der Waals surface area contributed by atoms with Crippen LogP contribution in [0.25, 0.3) is 0 Å². The minimum absolute atomic E-state index is 0.102. The highest BCUT2D eigenvalue weighted by Gasteiger charge is 2.20. The van der Waals surface area contributed by atoms with E-state index in [1.54, 1.807) is 6.07 Å². The Morgan fingerprint density at radius 3 is 2.60 bits per heavy atom. The van der Waals surface area contributed by atoms with Crippen LogP contribution in [0.4, 0.5) is 0 Å². The molecule has 1 N–H and O–H groups in total. The molecule has 0 spiro atoms. The van der Waals surface area contributed by atoms with Gasteiger partial charge >= 0.3 is 0 Å². The van der Waals surface area contributed by atoms with Crippen molar-refractivity contribution in [3.63, 3.8) is 0 Å². The molecule has 0 bridgehead atoms. The number of hydrogen-bond donors (Lipinski definition) is 1. The van der Waals surface area contributed by atoms with Crippen molar-refractivity contribution in [3.8, 4) is 0 Å². The molecular weight excluding hydrogens is 253 g/mol. The van der Waals surface area contributed by atoms with Gasteiger partial charge in [0.15, 0.2) is 0 Å². The fourth-order valence-electron chi connectivity index (χ4n) is 1.83. The Morgan fingerprint density at radius 2 is 2.07 bits per heavy atom. The third kappa shape index (κ3) is 2.65. The summed E-state index contributed by atoms with van der Waals surface area (Å²) in [4.78, 5) is 11.8. The summed E-state index contributed by atoms with van der Waals surface area (Å²) >= 11 is 12.9. The number of amides is 1. The van der Waals surface area contributed by atoms with E-state index in [0.717, 1.165) is 12.8 Å². The third-order valence-electron chi connectivity index (χ3n) is 2.59. The Balaban J connectivity index is 2.03. The summed E-state index contributed by atoms with van der Waals surface area (Å²) in [6.07, 6.45) is 4.54. The second-order valence-electron chi connectivity index (χ2n) is 3.69. The average Bonchev–Trinajstić information content (AvgIpc) is 2.75. The number of carbonyl (C=O) groups is 1. The first kappa shape index (κ1) is 11.2. The van der Waals surface area contributed by atoms with Crippen LogP contribution >= 0.6 is 34.5 Å². The Labute approximate surface area is 103 Å². The Kier molecular flexibility index (Phi) is 3.54. The molecule has 5 heteroatoms. The first-order valence-corrected chi connectivity index (χ1v) is 6.50. The van der Waals surface area contributed by atoms with Crippen molar-refractivity contribution in [3.05, 3.63) is 20.3 Å². The van der Waals surface area contributed by atoms with Gasteiger partial charge in [-0.05, 0) is 18.9 Å². The largest absolute Gasteiger partial charge is 0.349 e. The molecule has 1 heterocycles. The Hall–Kier alpha value is -0.250. The van der Waals surface area contributed by atoms with Gasteiger partial charge in [-0.1, -0.05) is 36.0 Å². The van der Waals surface area contributed by atoms with Crippen LogP contribution in [0.5, 0.6) is 0 Å². The van der Waals surface area contributed by atoms with E-state index in [0.29, 0.717) is 20.3 Å². The summed E-state index contributed by atoms with van der Waals surface area (Å²) in [7, 11) is 0. The molecule has 1 aliphatic rings. The number of rotatable bonds is 2. The molecule has 0 atom stereocenters. The molecule has 1 fully saturated rings. The molecule has 2 nitrogen and oxygen atoms in total. The van der Waals surface area contributed by atoms with E-state index >= 15 is 0 Å². The van der Waals surface area contributed by atoms with Crippen LogP contribution in [-0.2, 0) is 0 Å². The maximum atomic E-state index is 11.8. The van der Waals surface area contributed by atoms with Gasteiger partial charge < -0.3 is 5.32 Å². The lowest BCUT2D eigenvalue weighted by Crippen LogP contribution is -2.32. The summed E-state index contributed by atoms with van der Waals surface area (Å²) in [6.45, 7) is 0. The highest BCUT2D eigenvalue weighted by Crippen LogP contribution is 2.31. The van der Waals surface area contributed by atoms with Gasteiger partial charge in [-0.25, -0.2) is 0 Å². The maximum absolute atomic E-state index is 11.8. The number of carbonyl (C=O) groups excluding carboxylic acids is 1. The second-order valence-corrected chi connectivity index (χ2v) is 5.98. The zero-order valence-electron chi connectivity index (χ0n) is 8.06. The minimum Gasteiger partial charge on any atom is -0.349 e. The number of hydrogen-bond acceptors (Lipinski definition) is 2. The molecule has 15 heavy (non-hydrogen) atoms. The standard InChI is InChI=1S/C10H11Cl2NOS/c11-8-5-7(9(12)15-8)10(14)13-6-3-1-2-4-6/h5-6H,1-4H2,(H,13,14). The van der Waals surface area contributed by atoms with Crippen LogP contribution in [0.15, 0.2) is 6.07 Å². The normalized spacial score (nSPS) is 16.9. The highest BCUT2D eigenvalue weighted by molar-refractivity contribution is 7.20. The van der Waals surface area contributed by atoms with E-state index < -0.39 is 0 Å². The molecule has 1 aromatic heterocycles. The zero-order valence-corrected chi connectivity index (χ0v) is 10.4. The summed E-state index contributed by atoms with van der Waals surface area (Å²) in [6, 6.07) is 1.94. The smallest absolute Gasteiger partial charge is 0.253 e. The van der Waals surface area contributed by atoms with E-state index in [4.69, 9.17) is 23.2 Å². The quantitative estimate of drug-likeness (QED) is 0.866. The SMILES string of the molecule is O=C(NC1CCCC1)c1cc(Cl)sc1Cl. The van der Waals surface area contributed by atoms with Gasteiger partial charge in [0.05, 0.1) is 9.90 Å². The van der Waals surface area contributed by atoms with Gasteiger partial charge in [0.1, 0.15) is 4.34 Å². The summed E-state index contributed by atoms with van der Waals surface area (Å²) in [5.74, 6) is -0.102. The topological polar surface area (TPSA) is 29.1 Å². The number of thiophene rings is 1. The predicted octanol–water partition coefficient (Wildman–Crippen LogP) is 3.73. The van der Waals surface area contributed by atoms with E-state index in [2.05, 4.69) is 5.32 Å². The first-order valence-electron chi connectivity index (χ1n) is 4.92. The number of halogens is 2. The van der Waals surface area contributed by atoms with Crippen LogP contribution in [0, 0.1) is 0 Å². The average molecular weight is 264 g/mol. The lowest BCUT2D eigenvalue weighted by atomic mass is 10.2. The molecule has 2 rings (SSSR count).